The smallest absolute Gasteiger partial charge is 0.122 e. The minimum absolute atomic E-state index is 0.503. The molecule has 0 saturated heterocycles. The van der Waals surface area contributed by atoms with Crippen LogP contribution in [0.25, 0.3) is 0 Å². The van der Waals surface area contributed by atoms with Crippen LogP contribution in [0.4, 0.5) is 0 Å². The quantitative estimate of drug-likeness (QED) is 0.717. The maximum atomic E-state index is 6.22. The summed E-state index contributed by atoms with van der Waals surface area (Å²) in [5.74, 6) is 1.53. The molecule has 0 radical (unpaired) electrons. The van der Waals surface area contributed by atoms with Crippen LogP contribution in [0.2, 0.25) is 5.02 Å². The number of ether oxygens (including phenoxy) is 1. The largest absolute Gasteiger partial charge is 0.493 e. The van der Waals surface area contributed by atoms with Crippen molar-refractivity contribution in [1.29, 1.82) is 0 Å². The van der Waals surface area contributed by atoms with Gasteiger partial charge in [-0.05, 0) is 29.7 Å². The fourth-order valence-corrected chi connectivity index (χ4v) is 3.52. The highest BCUT2D eigenvalue weighted by Gasteiger charge is 2.18. The molecular formula is C21H22ClN3O. The molecule has 2 heterocycles. The minimum atomic E-state index is 0.503. The summed E-state index contributed by atoms with van der Waals surface area (Å²) in [6.07, 6.45) is 5.05. The topological polar surface area (TPSA) is 39.1 Å². The summed E-state index contributed by atoms with van der Waals surface area (Å²) in [6.45, 7) is 3.20. The van der Waals surface area contributed by atoms with Crippen molar-refractivity contribution in [2.24, 2.45) is 5.92 Å². The van der Waals surface area contributed by atoms with E-state index in [0.29, 0.717) is 12.5 Å². The van der Waals surface area contributed by atoms with Crippen LogP contribution in [0.1, 0.15) is 16.7 Å². The van der Waals surface area contributed by atoms with Crippen molar-refractivity contribution < 1.29 is 4.74 Å². The summed E-state index contributed by atoms with van der Waals surface area (Å²) < 4.78 is 7.78. The molecule has 1 N–H and O–H groups in total. The monoisotopic (exact) mass is 367 g/mol. The van der Waals surface area contributed by atoms with Crippen LogP contribution in [-0.4, -0.2) is 22.9 Å². The number of fused-ring (bicyclic) bond motifs is 1. The van der Waals surface area contributed by atoms with Gasteiger partial charge in [0.05, 0.1) is 19.3 Å². The molecule has 0 spiro atoms. The van der Waals surface area contributed by atoms with Crippen LogP contribution in [0, 0.1) is 5.92 Å². The average molecular weight is 368 g/mol. The van der Waals surface area contributed by atoms with Crippen LogP contribution in [0.15, 0.2) is 60.9 Å². The van der Waals surface area contributed by atoms with E-state index in [-0.39, 0.29) is 0 Å². The van der Waals surface area contributed by atoms with Crippen LogP contribution in [0.5, 0.6) is 5.75 Å². The molecule has 2 aromatic carbocycles. The number of nitrogens with one attached hydrogen (secondary N) is 1. The molecule has 0 amide bonds. The van der Waals surface area contributed by atoms with E-state index in [1.807, 2.05) is 47.3 Å². The van der Waals surface area contributed by atoms with Gasteiger partial charge in [0.25, 0.3) is 0 Å². The molecule has 0 aliphatic carbocycles. The molecule has 0 bridgehead atoms. The Kier molecular flexibility index (Phi) is 5.23. The number of para-hydroxylation sites is 1. The van der Waals surface area contributed by atoms with Crippen LogP contribution in [0.3, 0.4) is 0 Å². The number of benzene rings is 2. The van der Waals surface area contributed by atoms with Gasteiger partial charge in [-0.15, -0.1) is 0 Å². The molecule has 134 valence electrons. The van der Waals surface area contributed by atoms with E-state index in [4.69, 9.17) is 16.3 Å². The Morgan fingerprint density at radius 2 is 2.00 bits per heavy atom. The van der Waals surface area contributed by atoms with E-state index in [9.17, 15) is 0 Å². The minimum Gasteiger partial charge on any atom is -0.493 e. The average Bonchev–Trinajstić information content (AvgIpc) is 3.11. The lowest BCUT2D eigenvalue weighted by Crippen LogP contribution is -2.31. The molecule has 0 fully saturated rings. The van der Waals surface area contributed by atoms with Crippen molar-refractivity contribution in [3.63, 3.8) is 0 Å². The SMILES string of the molecule is Clc1ccccc1Cn1cc(CNC[C@@H]2COc3ccccc3C2)cn1. The van der Waals surface area contributed by atoms with E-state index in [0.717, 1.165) is 42.5 Å². The number of hydrogen-bond donors (Lipinski definition) is 1. The van der Waals surface area contributed by atoms with E-state index in [2.05, 4.69) is 28.7 Å². The summed E-state index contributed by atoms with van der Waals surface area (Å²) in [4.78, 5) is 0. The third kappa shape index (κ3) is 4.09. The van der Waals surface area contributed by atoms with Gasteiger partial charge in [-0.25, -0.2) is 0 Å². The third-order valence-electron chi connectivity index (χ3n) is 4.69. The van der Waals surface area contributed by atoms with E-state index >= 15 is 0 Å². The van der Waals surface area contributed by atoms with Gasteiger partial charge in [0, 0.05) is 35.8 Å². The highest BCUT2D eigenvalue weighted by Crippen LogP contribution is 2.26. The fraction of sp³-hybridized carbons (Fsp3) is 0.286. The summed E-state index contributed by atoms with van der Waals surface area (Å²) in [7, 11) is 0. The number of nitrogens with zero attached hydrogens (tertiary/aromatic N) is 2. The number of hydrogen-bond acceptors (Lipinski definition) is 3. The van der Waals surface area contributed by atoms with Gasteiger partial charge < -0.3 is 10.1 Å². The highest BCUT2D eigenvalue weighted by atomic mass is 35.5. The zero-order valence-corrected chi connectivity index (χ0v) is 15.3. The summed E-state index contributed by atoms with van der Waals surface area (Å²) in [5.41, 5.74) is 3.56. The van der Waals surface area contributed by atoms with Crippen molar-refractivity contribution in [2.75, 3.05) is 13.2 Å². The highest BCUT2D eigenvalue weighted by molar-refractivity contribution is 6.31. The number of rotatable bonds is 6. The molecule has 0 unspecified atom stereocenters. The van der Waals surface area contributed by atoms with Gasteiger partial charge in [-0.2, -0.15) is 5.10 Å². The van der Waals surface area contributed by atoms with Crippen molar-refractivity contribution in [3.8, 4) is 5.75 Å². The molecule has 26 heavy (non-hydrogen) atoms. The van der Waals surface area contributed by atoms with Crippen LogP contribution in [-0.2, 0) is 19.5 Å². The van der Waals surface area contributed by atoms with E-state index in [1.165, 1.54) is 11.1 Å². The molecule has 1 aromatic heterocycles. The van der Waals surface area contributed by atoms with Gasteiger partial charge in [-0.3, -0.25) is 4.68 Å². The Morgan fingerprint density at radius 3 is 2.92 bits per heavy atom. The fourth-order valence-electron chi connectivity index (χ4n) is 3.33. The Hall–Kier alpha value is -2.30. The van der Waals surface area contributed by atoms with Crippen molar-refractivity contribution in [1.82, 2.24) is 15.1 Å². The Morgan fingerprint density at radius 1 is 1.15 bits per heavy atom. The number of halogens is 1. The molecule has 0 saturated carbocycles. The van der Waals surface area contributed by atoms with Crippen molar-refractivity contribution in [3.05, 3.63) is 82.6 Å². The summed E-state index contributed by atoms with van der Waals surface area (Å²) in [5, 5.41) is 8.75. The van der Waals surface area contributed by atoms with Gasteiger partial charge in [0.1, 0.15) is 5.75 Å². The first kappa shape index (κ1) is 17.1. The molecule has 1 aliphatic heterocycles. The first-order chi connectivity index (χ1) is 12.8. The lowest BCUT2D eigenvalue weighted by Gasteiger charge is -2.25. The lowest BCUT2D eigenvalue weighted by atomic mass is 9.97. The van der Waals surface area contributed by atoms with E-state index < -0.39 is 0 Å². The van der Waals surface area contributed by atoms with Gasteiger partial charge >= 0.3 is 0 Å². The second kappa shape index (κ2) is 7.94. The molecule has 1 atom stereocenters. The first-order valence-electron chi connectivity index (χ1n) is 8.94. The third-order valence-corrected chi connectivity index (χ3v) is 5.06. The summed E-state index contributed by atoms with van der Waals surface area (Å²) >= 11 is 6.22. The van der Waals surface area contributed by atoms with Crippen LogP contribution < -0.4 is 10.1 Å². The lowest BCUT2D eigenvalue weighted by molar-refractivity contribution is 0.218. The zero-order valence-electron chi connectivity index (χ0n) is 14.6. The maximum absolute atomic E-state index is 6.22. The van der Waals surface area contributed by atoms with Crippen molar-refractivity contribution >= 4 is 11.6 Å². The van der Waals surface area contributed by atoms with Gasteiger partial charge in [0.15, 0.2) is 0 Å². The van der Waals surface area contributed by atoms with E-state index in [1.54, 1.807) is 0 Å². The zero-order chi connectivity index (χ0) is 17.8. The van der Waals surface area contributed by atoms with Crippen LogP contribution >= 0.6 is 11.6 Å². The molecule has 4 nitrogen and oxygen atoms in total. The molecular weight excluding hydrogens is 346 g/mol. The summed E-state index contributed by atoms with van der Waals surface area (Å²) in [6, 6.07) is 16.2. The molecule has 5 heteroatoms. The van der Waals surface area contributed by atoms with Crippen molar-refractivity contribution in [2.45, 2.75) is 19.5 Å². The van der Waals surface area contributed by atoms with Gasteiger partial charge in [0.2, 0.25) is 0 Å². The molecule has 3 aromatic rings. The normalized spacial score (nSPS) is 16.1. The van der Waals surface area contributed by atoms with Gasteiger partial charge in [-0.1, -0.05) is 48.0 Å². The Balaban J connectivity index is 1.27. The Labute approximate surface area is 158 Å². The predicted molar refractivity (Wildman–Crippen MR) is 104 cm³/mol. The molecule has 1 aliphatic rings. The second-order valence-electron chi connectivity index (χ2n) is 6.76. The maximum Gasteiger partial charge on any atom is 0.122 e. The predicted octanol–water partition coefficient (Wildman–Crippen LogP) is 3.93. The first-order valence-corrected chi connectivity index (χ1v) is 9.32. The Bertz CT molecular complexity index is 877. The second-order valence-corrected chi connectivity index (χ2v) is 7.16. The molecule has 4 rings (SSSR count). The standard InChI is InChI=1S/C21H22ClN3O/c22-20-7-3-1-6-19(20)14-25-13-17(12-24-25)11-23-10-16-9-18-5-2-4-8-21(18)26-15-16/h1-8,12-13,16,23H,9-11,14-15H2/t16-/m1/s1. The number of aromatic nitrogens is 2.